The van der Waals surface area contributed by atoms with E-state index in [0.29, 0.717) is 5.75 Å². The van der Waals surface area contributed by atoms with Crippen LogP contribution in [0.15, 0.2) is 24.3 Å². The van der Waals surface area contributed by atoms with Gasteiger partial charge in [0.15, 0.2) is 6.10 Å². The fourth-order valence-corrected chi connectivity index (χ4v) is 6.54. The number of aliphatic hydroxyl groups is 1. The topological polar surface area (TPSA) is 206 Å². The molecule has 0 spiro atoms. The highest BCUT2D eigenvalue weighted by molar-refractivity contribution is 7.82. The van der Waals surface area contributed by atoms with Gasteiger partial charge < -0.3 is 19.3 Å². The van der Waals surface area contributed by atoms with Crippen LogP contribution in [0.1, 0.15) is 0 Å². The number of rotatable bonds is 16. The number of methoxy groups -OCH3 is 1. The standard InChI is InChI=1S/C19H21Cl9O16S3/c1-36-10-2-4-11(5-3-10)41-16-15(44-47(34,35)40-9-19(26,27)28)14(43-46(32,33)39-8-18(23,24)25)13(29)12(42-16)6-37-45(30,31)38-7-17(20,21)22/h2-5,12-16,29H,6-9H2,1H3/t12-,13-,14+,15-,16-/m1/s1. The van der Waals surface area contributed by atoms with Crippen molar-refractivity contribution in [2.75, 3.05) is 33.5 Å². The molecule has 1 saturated heterocycles. The number of alkyl halides is 9. The Morgan fingerprint density at radius 2 is 1.06 bits per heavy atom. The Labute approximate surface area is 314 Å². The molecule has 1 N–H and O–H groups in total. The van der Waals surface area contributed by atoms with Gasteiger partial charge in [-0.15, -0.1) is 0 Å². The van der Waals surface area contributed by atoms with Gasteiger partial charge in [0.25, 0.3) is 0 Å². The monoisotopic (exact) mass is 916 g/mol. The van der Waals surface area contributed by atoms with Crippen molar-refractivity contribution in [3.63, 3.8) is 0 Å². The second kappa shape index (κ2) is 17.7. The van der Waals surface area contributed by atoms with Crippen molar-refractivity contribution >= 4 is 136 Å². The maximum Gasteiger partial charge on any atom is 0.400 e. The van der Waals surface area contributed by atoms with Crippen LogP contribution in [0.5, 0.6) is 11.5 Å². The van der Waals surface area contributed by atoms with Crippen LogP contribution < -0.4 is 9.47 Å². The highest BCUT2D eigenvalue weighted by atomic mass is 35.6. The molecular weight excluding hydrogens is 899 g/mol. The SMILES string of the molecule is COc1ccc(O[C@@H]2O[C@H](COS(=O)(=O)OCC(Cl)(Cl)Cl)[C@@H](O)[C@H](OS(=O)(=O)OCC(Cl)(Cl)Cl)[C@H]2OS(=O)(=O)OCC(Cl)(Cl)Cl)cc1. The van der Waals surface area contributed by atoms with E-state index in [1.165, 1.54) is 31.4 Å². The molecule has 1 aliphatic heterocycles. The Morgan fingerprint density at radius 1 is 0.660 bits per heavy atom. The van der Waals surface area contributed by atoms with Crippen LogP contribution in [0.2, 0.25) is 0 Å². The second-order valence-electron chi connectivity index (χ2n) is 8.59. The molecular formula is C19H21Cl9O16S3. The first-order chi connectivity index (χ1) is 21.2. The summed E-state index contributed by atoms with van der Waals surface area (Å²) in [6, 6.07) is 5.36. The van der Waals surface area contributed by atoms with E-state index in [2.05, 4.69) is 16.7 Å². The normalized spacial score (nSPS) is 23.4. The average Bonchev–Trinajstić information content (AvgIpc) is 2.92. The van der Waals surface area contributed by atoms with E-state index in [-0.39, 0.29) is 5.75 Å². The zero-order chi connectivity index (χ0) is 36.1. The number of hydrogen-bond acceptors (Lipinski definition) is 16. The Morgan fingerprint density at radius 3 is 1.49 bits per heavy atom. The molecule has 0 saturated carbocycles. The van der Waals surface area contributed by atoms with E-state index in [0.717, 1.165) is 0 Å². The Balaban J connectivity index is 2.53. The van der Waals surface area contributed by atoms with Crippen molar-refractivity contribution in [1.82, 2.24) is 0 Å². The van der Waals surface area contributed by atoms with Gasteiger partial charge in [-0.3, -0.25) is 0 Å². The van der Waals surface area contributed by atoms with Crippen molar-refractivity contribution in [1.29, 1.82) is 0 Å². The van der Waals surface area contributed by atoms with E-state index >= 15 is 0 Å². The molecule has 274 valence electrons. The van der Waals surface area contributed by atoms with Gasteiger partial charge in [0.2, 0.25) is 17.7 Å². The zero-order valence-electron chi connectivity index (χ0n) is 22.7. The maximum absolute atomic E-state index is 12.7. The van der Waals surface area contributed by atoms with E-state index < -0.39 is 99.7 Å². The maximum atomic E-state index is 12.7. The average molecular weight is 921 g/mol. The predicted octanol–water partition coefficient (Wildman–Crippen LogP) is 3.84. The fourth-order valence-electron chi connectivity index (χ4n) is 3.05. The molecule has 1 heterocycles. The minimum Gasteiger partial charge on any atom is -0.497 e. The molecule has 2 rings (SSSR count). The van der Waals surface area contributed by atoms with Crippen LogP contribution in [0.4, 0.5) is 0 Å². The number of ether oxygens (including phenoxy) is 3. The first-order valence-electron chi connectivity index (χ1n) is 11.7. The third-order valence-electron chi connectivity index (χ3n) is 4.87. The van der Waals surface area contributed by atoms with Crippen LogP contribution in [0, 0.1) is 0 Å². The lowest BCUT2D eigenvalue weighted by molar-refractivity contribution is -0.266. The molecule has 47 heavy (non-hydrogen) atoms. The lowest BCUT2D eigenvalue weighted by Crippen LogP contribution is -2.62. The Kier molecular flexibility index (Phi) is 16.6. The van der Waals surface area contributed by atoms with E-state index in [4.69, 9.17) is 127 Å². The number of benzene rings is 1. The molecule has 16 nitrogen and oxygen atoms in total. The van der Waals surface area contributed by atoms with E-state index in [1.54, 1.807) is 0 Å². The first kappa shape index (κ1) is 44.1. The summed E-state index contributed by atoms with van der Waals surface area (Å²) >= 11 is 49.5. The number of halogens is 9. The highest BCUT2D eigenvalue weighted by Gasteiger charge is 2.53. The largest absolute Gasteiger partial charge is 0.497 e. The Hall–Kier alpha value is 0.960. The highest BCUT2D eigenvalue weighted by Crippen LogP contribution is 2.34. The van der Waals surface area contributed by atoms with Gasteiger partial charge in [0.05, 0.1) is 13.7 Å². The third-order valence-corrected chi connectivity index (χ3v) is 8.41. The van der Waals surface area contributed by atoms with Gasteiger partial charge in [-0.05, 0) is 24.3 Å². The molecule has 0 bridgehead atoms. The molecule has 28 heteroatoms. The van der Waals surface area contributed by atoms with Gasteiger partial charge in [-0.2, -0.15) is 25.3 Å². The summed E-state index contributed by atoms with van der Waals surface area (Å²) in [4.78, 5) is 0. The van der Waals surface area contributed by atoms with E-state index in [1.807, 2.05) is 0 Å². The van der Waals surface area contributed by atoms with Gasteiger partial charge in [0.1, 0.15) is 49.6 Å². The van der Waals surface area contributed by atoms with Crippen molar-refractivity contribution in [2.45, 2.75) is 42.1 Å². The fraction of sp³-hybridized carbons (Fsp3) is 0.684. The summed E-state index contributed by atoms with van der Waals surface area (Å²) in [5.74, 6) is 0.241. The molecule has 1 aliphatic rings. The molecule has 0 unspecified atom stereocenters. The van der Waals surface area contributed by atoms with Gasteiger partial charge in [-0.25, -0.2) is 25.1 Å². The molecule has 5 atom stereocenters. The van der Waals surface area contributed by atoms with Crippen LogP contribution in [0.25, 0.3) is 0 Å². The molecule has 0 radical (unpaired) electrons. The van der Waals surface area contributed by atoms with Crippen LogP contribution in [-0.4, -0.2) is 106 Å². The van der Waals surface area contributed by atoms with Crippen molar-refractivity contribution in [2.24, 2.45) is 0 Å². The number of aliphatic hydroxyl groups excluding tert-OH is 1. The van der Waals surface area contributed by atoms with Crippen LogP contribution >= 0.6 is 104 Å². The molecule has 0 amide bonds. The van der Waals surface area contributed by atoms with Crippen molar-refractivity contribution < 1.29 is 69.7 Å². The Bertz CT molecular complexity index is 1480. The van der Waals surface area contributed by atoms with Gasteiger partial charge in [0, 0.05) is 0 Å². The minimum atomic E-state index is -5.32. The predicted molar refractivity (Wildman–Crippen MR) is 169 cm³/mol. The molecule has 1 aromatic rings. The summed E-state index contributed by atoms with van der Waals surface area (Å²) in [7, 11) is -14.2. The van der Waals surface area contributed by atoms with Gasteiger partial charge >= 0.3 is 31.2 Å². The molecule has 0 aromatic heterocycles. The number of hydrogen-bond donors (Lipinski definition) is 1. The minimum absolute atomic E-state index is 0.104. The molecule has 0 aliphatic carbocycles. The summed E-state index contributed by atoms with van der Waals surface area (Å²) < 4.78 is 113. The molecule has 1 aromatic carbocycles. The van der Waals surface area contributed by atoms with E-state index in [9.17, 15) is 30.4 Å². The quantitative estimate of drug-likeness (QED) is 0.234. The first-order valence-corrected chi connectivity index (χ1v) is 19.1. The van der Waals surface area contributed by atoms with Crippen molar-refractivity contribution in [3.8, 4) is 11.5 Å². The van der Waals surface area contributed by atoms with Gasteiger partial charge in [-0.1, -0.05) is 104 Å². The molecule has 1 fully saturated rings. The third kappa shape index (κ3) is 17.4. The summed E-state index contributed by atoms with van der Waals surface area (Å²) in [5.41, 5.74) is 0. The van der Waals surface area contributed by atoms with Crippen molar-refractivity contribution in [3.05, 3.63) is 24.3 Å². The smallest absolute Gasteiger partial charge is 0.400 e. The summed E-state index contributed by atoms with van der Waals surface area (Å²) in [5, 5.41) is 11.1. The van der Waals surface area contributed by atoms with Crippen LogP contribution in [0.3, 0.4) is 0 Å². The lowest BCUT2D eigenvalue weighted by Gasteiger charge is -2.42. The lowest BCUT2D eigenvalue weighted by atomic mass is 9.99. The van der Waals surface area contributed by atoms with Crippen LogP contribution in [-0.2, 0) is 61.0 Å². The zero-order valence-corrected chi connectivity index (χ0v) is 32.0. The summed E-state index contributed by atoms with van der Waals surface area (Å²) in [6.45, 7) is -4.43. The summed E-state index contributed by atoms with van der Waals surface area (Å²) in [6.07, 6.45) is -11.2. The second-order valence-corrected chi connectivity index (χ2v) is 19.9.